The van der Waals surface area contributed by atoms with Gasteiger partial charge in [0.25, 0.3) is 0 Å². The lowest BCUT2D eigenvalue weighted by molar-refractivity contribution is -0.120. The predicted molar refractivity (Wildman–Crippen MR) is 68.0 cm³/mol. The number of nitrogens with zero attached hydrogens (tertiary/aromatic N) is 1. The van der Waals surface area contributed by atoms with Gasteiger partial charge in [-0.25, -0.2) is 0 Å². The highest BCUT2D eigenvalue weighted by atomic mass is 16.5. The number of nitrogens with one attached hydrogen (secondary N) is 1. The zero-order valence-corrected chi connectivity index (χ0v) is 10.6. The number of carbonyl (C=O) groups excluding carboxylic acids is 1. The van der Waals surface area contributed by atoms with E-state index < -0.39 is 0 Å². The Bertz CT molecular complexity index is 529. The largest absolute Gasteiger partial charge is 0.361 e. The third-order valence-electron chi connectivity index (χ3n) is 2.63. The van der Waals surface area contributed by atoms with Crippen molar-refractivity contribution in [2.24, 2.45) is 0 Å². The second-order valence-corrected chi connectivity index (χ2v) is 4.37. The van der Waals surface area contributed by atoms with E-state index in [-0.39, 0.29) is 5.91 Å². The van der Waals surface area contributed by atoms with Crippen molar-refractivity contribution in [1.29, 1.82) is 0 Å². The third-order valence-corrected chi connectivity index (χ3v) is 2.63. The van der Waals surface area contributed by atoms with Gasteiger partial charge in [0.2, 0.25) is 5.91 Å². The molecule has 0 atom stereocenters. The van der Waals surface area contributed by atoms with Crippen LogP contribution < -0.4 is 5.32 Å². The molecular weight excluding hydrogens is 228 g/mol. The smallest absolute Gasteiger partial charge is 0.224 e. The first-order valence-corrected chi connectivity index (χ1v) is 5.88. The quantitative estimate of drug-likeness (QED) is 0.896. The Morgan fingerprint density at radius 1 is 1.28 bits per heavy atom. The fourth-order valence-electron chi connectivity index (χ4n) is 1.64. The van der Waals surface area contributed by atoms with E-state index in [2.05, 4.69) is 10.5 Å². The van der Waals surface area contributed by atoms with Crippen LogP contribution in [0, 0.1) is 13.8 Å². The molecule has 0 saturated heterocycles. The Hall–Kier alpha value is -2.10. The number of aryl methyl sites for hydroxylation is 2. The number of hydrogen-bond donors (Lipinski definition) is 1. The lowest BCUT2D eigenvalue weighted by Gasteiger charge is -2.03. The van der Waals surface area contributed by atoms with Crippen LogP contribution >= 0.6 is 0 Å². The highest BCUT2D eigenvalue weighted by Gasteiger charge is 2.05. The Morgan fingerprint density at radius 3 is 2.61 bits per heavy atom. The zero-order chi connectivity index (χ0) is 13.0. The molecule has 1 aromatic carbocycles. The van der Waals surface area contributed by atoms with Crippen molar-refractivity contribution in [3.8, 4) is 0 Å². The van der Waals surface area contributed by atoms with E-state index >= 15 is 0 Å². The molecule has 4 heteroatoms. The van der Waals surface area contributed by atoms with Gasteiger partial charge in [-0.2, -0.15) is 0 Å². The Labute approximate surface area is 106 Å². The van der Waals surface area contributed by atoms with Crippen molar-refractivity contribution in [2.75, 3.05) is 0 Å². The van der Waals surface area contributed by atoms with Crippen LogP contribution in [0.25, 0.3) is 0 Å². The second-order valence-electron chi connectivity index (χ2n) is 4.37. The molecule has 94 valence electrons. The summed E-state index contributed by atoms with van der Waals surface area (Å²) in [5.74, 6) is 0.734. The topological polar surface area (TPSA) is 55.1 Å². The Balaban J connectivity index is 1.83. The number of hydrogen-bond acceptors (Lipinski definition) is 3. The standard InChI is InChI=1S/C14H16N2O2/c1-10-3-5-12(6-4-10)8-14(17)15-9-13-7-11(2)18-16-13/h3-7H,8-9H2,1-2H3,(H,15,17). The van der Waals surface area contributed by atoms with Gasteiger partial charge in [0, 0.05) is 6.07 Å². The fraction of sp³-hybridized carbons (Fsp3) is 0.286. The van der Waals surface area contributed by atoms with Crippen molar-refractivity contribution in [1.82, 2.24) is 10.5 Å². The van der Waals surface area contributed by atoms with Crippen LogP contribution in [0.5, 0.6) is 0 Å². The summed E-state index contributed by atoms with van der Waals surface area (Å²) in [6, 6.07) is 9.75. The van der Waals surface area contributed by atoms with Gasteiger partial charge in [0.15, 0.2) is 0 Å². The fourth-order valence-corrected chi connectivity index (χ4v) is 1.64. The van der Waals surface area contributed by atoms with Gasteiger partial charge in [-0.05, 0) is 19.4 Å². The first kappa shape index (κ1) is 12.4. The summed E-state index contributed by atoms with van der Waals surface area (Å²) in [6.07, 6.45) is 0.386. The number of carbonyl (C=O) groups is 1. The van der Waals surface area contributed by atoms with Crippen LogP contribution in [0.2, 0.25) is 0 Å². The molecule has 0 aliphatic carbocycles. The molecule has 1 N–H and O–H groups in total. The molecule has 0 aliphatic rings. The highest BCUT2D eigenvalue weighted by Crippen LogP contribution is 2.04. The minimum Gasteiger partial charge on any atom is -0.361 e. The normalized spacial score (nSPS) is 10.3. The summed E-state index contributed by atoms with van der Waals surface area (Å²) >= 11 is 0. The van der Waals surface area contributed by atoms with Crippen molar-refractivity contribution in [3.05, 3.63) is 52.9 Å². The van der Waals surface area contributed by atoms with Gasteiger partial charge in [-0.1, -0.05) is 35.0 Å². The molecule has 0 aliphatic heterocycles. The van der Waals surface area contributed by atoms with Crippen molar-refractivity contribution in [2.45, 2.75) is 26.8 Å². The van der Waals surface area contributed by atoms with Gasteiger partial charge in [0.1, 0.15) is 11.5 Å². The van der Waals surface area contributed by atoms with Gasteiger partial charge < -0.3 is 9.84 Å². The summed E-state index contributed by atoms with van der Waals surface area (Å²) < 4.78 is 4.93. The van der Waals surface area contributed by atoms with Gasteiger partial charge >= 0.3 is 0 Å². The maximum atomic E-state index is 11.7. The molecule has 0 fully saturated rings. The lowest BCUT2D eigenvalue weighted by atomic mass is 10.1. The van der Waals surface area contributed by atoms with E-state index in [1.807, 2.05) is 44.2 Å². The monoisotopic (exact) mass is 244 g/mol. The summed E-state index contributed by atoms with van der Waals surface area (Å²) in [6.45, 7) is 4.25. The van der Waals surface area contributed by atoms with E-state index in [4.69, 9.17) is 4.52 Å². The van der Waals surface area contributed by atoms with Crippen LogP contribution in [0.1, 0.15) is 22.6 Å². The lowest BCUT2D eigenvalue weighted by Crippen LogP contribution is -2.24. The van der Waals surface area contributed by atoms with E-state index in [1.165, 1.54) is 5.56 Å². The molecule has 0 bridgehead atoms. The molecule has 2 aromatic rings. The molecule has 0 spiro atoms. The Kier molecular flexibility index (Phi) is 3.77. The van der Waals surface area contributed by atoms with Gasteiger partial charge in [-0.3, -0.25) is 4.79 Å². The molecule has 0 radical (unpaired) electrons. The zero-order valence-electron chi connectivity index (χ0n) is 10.6. The Morgan fingerprint density at radius 2 is 2.00 bits per heavy atom. The maximum absolute atomic E-state index is 11.7. The number of rotatable bonds is 4. The third kappa shape index (κ3) is 3.45. The molecule has 1 aromatic heterocycles. The molecule has 1 heterocycles. The molecule has 1 amide bonds. The van der Waals surface area contributed by atoms with E-state index in [1.54, 1.807) is 0 Å². The molecule has 0 unspecified atom stereocenters. The molecular formula is C14H16N2O2. The maximum Gasteiger partial charge on any atom is 0.224 e. The molecule has 18 heavy (non-hydrogen) atoms. The first-order chi connectivity index (χ1) is 8.63. The predicted octanol–water partition coefficient (Wildman–Crippen LogP) is 2.15. The molecule has 4 nitrogen and oxygen atoms in total. The summed E-state index contributed by atoms with van der Waals surface area (Å²) in [4.78, 5) is 11.7. The SMILES string of the molecule is Cc1ccc(CC(=O)NCc2cc(C)on2)cc1. The molecule has 2 rings (SSSR count). The van der Waals surface area contributed by atoms with Crippen molar-refractivity contribution < 1.29 is 9.32 Å². The van der Waals surface area contributed by atoms with Crippen LogP contribution in [0.4, 0.5) is 0 Å². The first-order valence-electron chi connectivity index (χ1n) is 5.88. The van der Waals surface area contributed by atoms with E-state index in [0.29, 0.717) is 13.0 Å². The van der Waals surface area contributed by atoms with Crippen LogP contribution in [-0.4, -0.2) is 11.1 Å². The van der Waals surface area contributed by atoms with Crippen molar-refractivity contribution >= 4 is 5.91 Å². The van der Waals surface area contributed by atoms with Crippen LogP contribution in [-0.2, 0) is 17.8 Å². The van der Waals surface area contributed by atoms with Gasteiger partial charge in [-0.15, -0.1) is 0 Å². The van der Waals surface area contributed by atoms with Gasteiger partial charge in [0.05, 0.1) is 13.0 Å². The molecule has 0 saturated carbocycles. The summed E-state index contributed by atoms with van der Waals surface area (Å²) in [5.41, 5.74) is 2.94. The number of amides is 1. The number of benzene rings is 1. The van der Waals surface area contributed by atoms with Crippen LogP contribution in [0.15, 0.2) is 34.9 Å². The van der Waals surface area contributed by atoms with Crippen molar-refractivity contribution in [3.63, 3.8) is 0 Å². The van der Waals surface area contributed by atoms with E-state index in [0.717, 1.165) is 17.0 Å². The second kappa shape index (κ2) is 5.49. The number of aromatic nitrogens is 1. The van der Waals surface area contributed by atoms with E-state index in [9.17, 15) is 4.79 Å². The average Bonchev–Trinajstić information content (AvgIpc) is 2.76. The average molecular weight is 244 g/mol. The van der Waals surface area contributed by atoms with Crippen LogP contribution in [0.3, 0.4) is 0 Å². The summed E-state index contributed by atoms with van der Waals surface area (Å²) in [5, 5.41) is 6.63. The minimum atomic E-state index is -0.0143. The highest BCUT2D eigenvalue weighted by molar-refractivity contribution is 5.78. The minimum absolute atomic E-state index is 0.0143. The summed E-state index contributed by atoms with van der Waals surface area (Å²) in [7, 11) is 0.